The zero-order valence-electron chi connectivity index (χ0n) is 12.6. The van der Waals surface area contributed by atoms with Crippen molar-refractivity contribution in [2.24, 2.45) is 0 Å². The minimum Gasteiger partial charge on any atom is -0.493 e. The summed E-state index contributed by atoms with van der Waals surface area (Å²) in [5.74, 6) is 2.85. The third-order valence-corrected chi connectivity index (χ3v) is 3.13. The lowest BCUT2D eigenvalue weighted by atomic mass is 10.1. The number of hydrogen-bond donors (Lipinski definition) is 0. The number of methoxy groups -OCH3 is 2. The fraction of sp³-hybridized carbons (Fsp3) is 0.294. The summed E-state index contributed by atoms with van der Waals surface area (Å²) in [6.07, 6.45) is 0. The molecule has 2 rings (SSSR count). The van der Waals surface area contributed by atoms with E-state index >= 15 is 0 Å². The maximum atomic E-state index is 5.99. The van der Waals surface area contributed by atoms with Gasteiger partial charge in [0.15, 0.2) is 23.0 Å². The van der Waals surface area contributed by atoms with Gasteiger partial charge >= 0.3 is 0 Å². The molecule has 0 aliphatic rings. The summed E-state index contributed by atoms with van der Waals surface area (Å²) >= 11 is 0. The molecule has 0 aliphatic heterocycles. The Balaban J connectivity index is 2.44. The molecule has 0 radical (unpaired) electrons. The summed E-state index contributed by atoms with van der Waals surface area (Å²) in [7, 11) is 3.29. The van der Waals surface area contributed by atoms with E-state index in [0.29, 0.717) is 17.2 Å². The Morgan fingerprint density at radius 3 is 2.05 bits per heavy atom. The second-order valence-electron chi connectivity index (χ2n) is 4.87. The van der Waals surface area contributed by atoms with Crippen molar-refractivity contribution in [2.45, 2.75) is 20.8 Å². The number of hydrogen-bond acceptors (Lipinski definition) is 3. The molecule has 3 heteroatoms. The van der Waals surface area contributed by atoms with E-state index in [0.717, 1.165) is 22.4 Å². The predicted molar refractivity (Wildman–Crippen MR) is 80.3 cm³/mol. The van der Waals surface area contributed by atoms with Crippen LogP contribution in [0.2, 0.25) is 0 Å². The van der Waals surface area contributed by atoms with Gasteiger partial charge in [0.05, 0.1) is 14.2 Å². The fourth-order valence-electron chi connectivity index (χ4n) is 2.23. The summed E-state index contributed by atoms with van der Waals surface area (Å²) < 4.78 is 16.8. The highest BCUT2D eigenvalue weighted by Gasteiger charge is 2.12. The summed E-state index contributed by atoms with van der Waals surface area (Å²) in [5.41, 5.74) is 3.31. The average molecular weight is 272 g/mol. The van der Waals surface area contributed by atoms with Crippen LogP contribution in [0.25, 0.3) is 0 Å². The Bertz CT molecular complexity index is 618. The van der Waals surface area contributed by atoms with Crippen molar-refractivity contribution in [3.8, 4) is 23.0 Å². The van der Waals surface area contributed by atoms with E-state index in [1.807, 2.05) is 45.0 Å². The molecule has 0 N–H and O–H groups in total. The first-order chi connectivity index (χ1) is 9.55. The quantitative estimate of drug-likeness (QED) is 0.824. The Morgan fingerprint density at radius 2 is 1.40 bits per heavy atom. The molecule has 0 spiro atoms. The van der Waals surface area contributed by atoms with Gasteiger partial charge in [0, 0.05) is 0 Å². The first-order valence-electron chi connectivity index (χ1n) is 6.53. The highest BCUT2D eigenvalue weighted by molar-refractivity contribution is 5.52. The molecule has 2 aromatic carbocycles. The zero-order valence-corrected chi connectivity index (χ0v) is 12.6. The van der Waals surface area contributed by atoms with Gasteiger partial charge in [0.1, 0.15) is 0 Å². The number of rotatable bonds is 4. The van der Waals surface area contributed by atoms with Crippen LogP contribution >= 0.6 is 0 Å². The monoisotopic (exact) mass is 272 g/mol. The summed E-state index contributed by atoms with van der Waals surface area (Å²) in [4.78, 5) is 0. The molecule has 0 heterocycles. The molecule has 2 aromatic rings. The largest absolute Gasteiger partial charge is 0.493 e. The third kappa shape index (κ3) is 2.87. The van der Waals surface area contributed by atoms with Crippen molar-refractivity contribution in [3.05, 3.63) is 47.0 Å². The topological polar surface area (TPSA) is 27.7 Å². The van der Waals surface area contributed by atoms with E-state index in [2.05, 4.69) is 6.07 Å². The molecular formula is C17H20O3. The first kappa shape index (κ1) is 14.3. The standard InChI is InChI=1S/C17H20O3/c1-11-6-7-14(15(9-11)18-4)20-16-10-12(2)8-13(3)17(16)19-5/h6-10H,1-5H3. The minimum atomic E-state index is 0.682. The van der Waals surface area contributed by atoms with Crippen LogP contribution in [0.4, 0.5) is 0 Å². The first-order valence-corrected chi connectivity index (χ1v) is 6.53. The second-order valence-corrected chi connectivity index (χ2v) is 4.87. The smallest absolute Gasteiger partial charge is 0.170 e. The highest BCUT2D eigenvalue weighted by atomic mass is 16.5. The van der Waals surface area contributed by atoms with Crippen LogP contribution in [-0.4, -0.2) is 14.2 Å². The van der Waals surface area contributed by atoms with Gasteiger partial charge in [-0.25, -0.2) is 0 Å². The van der Waals surface area contributed by atoms with Crippen LogP contribution < -0.4 is 14.2 Å². The van der Waals surface area contributed by atoms with Crippen LogP contribution in [0.3, 0.4) is 0 Å². The van der Waals surface area contributed by atoms with Crippen LogP contribution in [0.1, 0.15) is 16.7 Å². The van der Waals surface area contributed by atoms with E-state index in [-0.39, 0.29) is 0 Å². The molecule has 106 valence electrons. The summed E-state index contributed by atoms with van der Waals surface area (Å²) in [6.45, 7) is 6.06. The van der Waals surface area contributed by atoms with Crippen molar-refractivity contribution < 1.29 is 14.2 Å². The molecule has 20 heavy (non-hydrogen) atoms. The van der Waals surface area contributed by atoms with E-state index in [4.69, 9.17) is 14.2 Å². The van der Waals surface area contributed by atoms with Crippen LogP contribution in [0.15, 0.2) is 30.3 Å². The highest BCUT2D eigenvalue weighted by Crippen LogP contribution is 2.39. The van der Waals surface area contributed by atoms with Crippen molar-refractivity contribution in [3.63, 3.8) is 0 Å². The van der Waals surface area contributed by atoms with Crippen molar-refractivity contribution in [2.75, 3.05) is 14.2 Å². The molecular weight excluding hydrogens is 252 g/mol. The van der Waals surface area contributed by atoms with Gasteiger partial charge in [-0.3, -0.25) is 0 Å². The van der Waals surface area contributed by atoms with Crippen LogP contribution in [-0.2, 0) is 0 Å². The minimum absolute atomic E-state index is 0.682. The van der Waals surface area contributed by atoms with Gasteiger partial charge in [-0.15, -0.1) is 0 Å². The molecule has 0 aliphatic carbocycles. The van der Waals surface area contributed by atoms with E-state index in [1.54, 1.807) is 14.2 Å². The lowest BCUT2D eigenvalue weighted by Crippen LogP contribution is -1.96. The number of aryl methyl sites for hydroxylation is 3. The average Bonchev–Trinajstić information content (AvgIpc) is 2.40. The molecule has 0 amide bonds. The van der Waals surface area contributed by atoms with Crippen LogP contribution in [0, 0.1) is 20.8 Å². The normalized spacial score (nSPS) is 10.2. The Kier molecular flexibility index (Phi) is 4.18. The van der Waals surface area contributed by atoms with Gasteiger partial charge in [-0.1, -0.05) is 12.1 Å². The van der Waals surface area contributed by atoms with Gasteiger partial charge < -0.3 is 14.2 Å². The Labute approximate surface area is 120 Å². The fourth-order valence-corrected chi connectivity index (χ4v) is 2.23. The number of benzene rings is 2. The maximum Gasteiger partial charge on any atom is 0.170 e. The Hall–Kier alpha value is -2.16. The molecule has 0 bridgehead atoms. The molecule has 0 fully saturated rings. The van der Waals surface area contributed by atoms with Crippen molar-refractivity contribution in [1.29, 1.82) is 0 Å². The van der Waals surface area contributed by atoms with Gasteiger partial charge in [-0.2, -0.15) is 0 Å². The molecule has 0 saturated carbocycles. The Morgan fingerprint density at radius 1 is 0.700 bits per heavy atom. The molecule has 0 atom stereocenters. The molecule has 0 aromatic heterocycles. The van der Waals surface area contributed by atoms with Gasteiger partial charge in [-0.05, 0) is 55.7 Å². The maximum absolute atomic E-state index is 5.99. The SMILES string of the molecule is COc1cc(C)ccc1Oc1cc(C)cc(C)c1OC. The zero-order chi connectivity index (χ0) is 14.7. The second kappa shape index (κ2) is 5.87. The van der Waals surface area contributed by atoms with Crippen LogP contribution in [0.5, 0.6) is 23.0 Å². The van der Waals surface area contributed by atoms with Gasteiger partial charge in [0.2, 0.25) is 0 Å². The molecule has 0 unspecified atom stereocenters. The van der Waals surface area contributed by atoms with Crippen molar-refractivity contribution in [1.82, 2.24) is 0 Å². The van der Waals surface area contributed by atoms with E-state index in [1.165, 1.54) is 0 Å². The molecule has 0 saturated heterocycles. The van der Waals surface area contributed by atoms with Crippen molar-refractivity contribution >= 4 is 0 Å². The van der Waals surface area contributed by atoms with Gasteiger partial charge in [0.25, 0.3) is 0 Å². The summed E-state index contributed by atoms with van der Waals surface area (Å²) in [5, 5.41) is 0. The summed E-state index contributed by atoms with van der Waals surface area (Å²) in [6, 6.07) is 9.88. The number of ether oxygens (including phenoxy) is 3. The molecule has 3 nitrogen and oxygen atoms in total. The lowest BCUT2D eigenvalue weighted by Gasteiger charge is -2.15. The van der Waals surface area contributed by atoms with E-state index < -0.39 is 0 Å². The lowest BCUT2D eigenvalue weighted by molar-refractivity contribution is 0.354. The third-order valence-electron chi connectivity index (χ3n) is 3.13. The van der Waals surface area contributed by atoms with E-state index in [9.17, 15) is 0 Å². The predicted octanol–water partition coefficient (Wildman–Crippen LogP) is 4.42.